The van der Waals surface area contributed by atoms with Gasteiger partial charge in [-0.1, -0.05) is 60.7 Å². The predicted octanol–water partition coefficient (Wildman–Crippen LogP) is 3.09. The smallest absolute Gasteiger partial charge is 0.348 e. The average Bonchev–Trinajstić information content (AvgIpc) is 2.68. The monoisotopic (exact) mass is 354 g/mol. The van der Waals surface area contributed by atoms with E-state index < -0.39 is 11.6 Å². The van der Waals surface area contributed by atoms with Crippen LogP contribution < -0.4 is 0 Å². The second-order valence-corrected chi connectivity index (χ2v) is 7.45. The number of carbonyl (C=O) groups is 1. The quantitative estimate of drug-likeness (QED) is 0.663. The highest BCUT2D eigenvalue weighted by Gasteiger charge is 2.44. The number of hydrogen-bond acceptors (Lipinski definition) is 3. The number of quaternary nitrogens is 1. The molecule has 1 saturated heterocycles. The standard InChI is InChI=1S/C22H28NO3/c1-3-23(2)16-10-15-20(17-23)26-21(24)22(25,18-11-6-4-7-12-18)19-13-8-5-9-14-19/h4-9,11-14,20,25H,3,10,15-17H2,1-2H3/q+1/t20-,23+/m0/s1. The van der Waals surface area contributed by atoms with Crippen LogP contribution >= 0.6 is 0 Å². The van der Waals surface area contributed by atoms with Gasteiger partial charge in [0.2, 0.25) is 5.60 Å². The number of likely N-dealkylation sites (tertiary alicyclic amines) is 1. The van der Waals surface area contributed by atoms with E-state index >= 15 is 0 Å². The Morgan fingerprint density at radius 2 is 1.65 bits per heavy atom. The molecule has 2 aromatic carbocycles. The van der Waals surface area contributed by atoms with Crippen molar-refractivity contribution in [1.82, 2.24) is 0 Å². The van der Waals surface area contributed by atoms with Gasteiger partial charge in [-0.15, -0.1) is 0 Å². The van der Waals surface area contributed by atoms with Gasteiger partial charge >= 0.3 is 5.97 Å². The number of benzene rings is 2. The van der Waals surface area contributed by atoms with Crippen molar-refractivity contribution in [2.24, 2.45) is 0 Å². The van der Waals surface area contributed by atoms with Crippen LogP contribution in [-0.4, -0.2) is 48.3 Å². The number of ether oxygens (including phenoxy) is 1. The molecular weight excluding hydrogens is 326 g/mol. The normalized spacial score (nSPS) is 23.4. The SMILES string of the molecule is CC[N@+]1(C)CCC[C@H](OC(=O)C(O)(c2ccccc2)c2ccccc2)C1. The molecule has 2 atom stereocenters. The molecule has 0 aliphatic carbocycles. The Kier molecular flexibility index (Phi) is 5.44. The third-order valence-corrected chi connectivity index (χ3v) is 5.58. The minimum atomic E-state index is -1.80. The number of nitrogens with zero attached hydrogens (tertiary/aromatic N) is 1. The van der Waals surface area contributed by atoms with Crippen molar-refractivity contribution in [1.29, 1.82) is 0 Å². The Morgan fingerprint density at radius 1 is 1.12 bits per heavy atom. The summed E-state index contributed by atoms with van der Waals surface area (Å²) >= 11 is 0. The molecule has 1 fully saturated rings. The first-order chi connectivity index (χ1) is 12.5. The number of likely N-dealkylation sites (N-methyl/N-ethyl adjacent to an activating group) is 1. The van der Waals surface area contributed by atoms with Crippen LogP contribution in [0.5, 0.6) is 0 Å². The van der Waals surface area contributed by atoms with Gasteiger partial charge in [0.25, 0.3) is 0 Å². The minimum absolute atomic E-state index is 0.167. The molecule has 138 valence electrons. The fourth-order valence-corrected chi connectivity index (χ4v) is 3.76. The van der Waals surface area contributed by atoms with Gasteiger partial charge in [0.15, 0.2) is 6.10 Å². The van der Waals surface area contributed by atoms with Gasteiger partial charge < -0.3 is 14.3 Å². The second-order valence-electron chi connectivity index (χ2n) is 7.45. The molecule has 2 aromatic rings. The number of aliphatic hydroxyl groups is 1. The third-order valence-electron chi connectivity index (χ3n) is 5.58. The first-order valence-corrected chi connectivity index (χ1v) is 9.36. The lowest BCUT2D eigenvalue weighted by Crippen LogP contribution is -2.54. The molecule has 1 aliphatic heterocycles. The molecule has 0 bridgehead atoms. The first kappa shape index (κ1) is 18.6. The van der Waals surface area contributed by atoms with E-state index in [0.717, 1.165) is 37.0 Å². The Labute approximate surface area is 155 Å². The molecule has 3 rings (SSSR count). The molecule has 0 radical (unpaired) electrons. The molecule has 26 heavy (non-hydrogen) atoms. The van der Waals surface area contributed by atoms with E-state index in [1.165, 1.54) is 0 Å². The van der Waals surface area contributed by atoms with E-state index in [2.05, 4.69) is 14.0 Å². The Morgan fingerprint density at radius 3 is 2.15 bits per heavy atom. The lowest BCUT2D eigenvalue weighted by atomic mass is 9.86. The van der Waals surface area contributed by atoms with Gasteiger partial charge in [-0.2, -0.15) is 0 Å². The topological polar surface area (TPSA) is 46.5 Å². The molecule has 1 N–H and O–H groups in total. The van der Waals surface area contributed by atoms with Gasteiger partial charge in [-0.25, -0.2) is 4.79 Å². The van der Waals surface area contributed by atoms with Gasteiger partial charge in [-0.3, -0.25) is 0 Å². The molecule has 0 saturated carbocycles. The van der Waals surface area contributed by atoms with Crippen LogP contribution in [0.25, 0.3) is 0 Å². The fraction of sp³-hybridized carbons (Fsp3) is 0.409. The molecule has 1 heterocycles. The van der Waals surface area contributed by atoms with E-state index in [1.807, 2.05) is 36.4 Å². The van der Waals surface area contributed by atoms with Crippen molar-refractivity contribution in [2.75, 3.05) is 26.7 Å². The van der Waals surface area contributed by atoms with Gasteiger partial charge in [-0.05, 0) is 24.5 Å². The zero-order valence-corrected chi connectivity index (χ0v) is 15.6. The molecule has 0 spiro atoms. The second kappa shape index (κ2) is 7.60. The van der Waals surface area contributed by atoms with Gasteiger partial charge in [0.1, 0.15) is 6.54 Å². The van der Waals surface area contributed by atoms with E-state index in [0.29, 0.717) is 11.1 Å². The average molecular weight is 354 g/mol. The summed E-state index contributed by atoms with van der Waals surface area (Å²) in [6, 6.07) is 18.1. The molecule has 1 aliphatic rings. The summed E-state index contributed by atoms with van der Waals surface area (Å²) in [5.74, 6) is -0.593. The number of carbonyl (C=O) groups excluding carboxylic acids is 1. The zero-order valence-electron chi connectivity index (χ0n) is 15.6. The van der Waals surface area contributed by atoms with E-state index in [1.54, 1.807) is 24.3 Å². The van der Waals surface area contributed by atoms with Crippen LogP contribution in [0.2, 0.25) is 0 Å². The lowest BCUT2D eigenvalue weighted by molar-refractivity contribution is -0.915. The van der Waals surface area contributed by atoms with Crippen molar-refractivity contribution in [3.8, 4) is 0 Å². The summed E-state index contributed by atoms with van der Waals surface area (Å²) in [4.78, 5) is 13.2. The number of esters is 1. The van der Waals surface area contributed by atoms with Crippen molar-refractivity contribution < 1.29 is 19.1 Å². The highest BCUT2D eigenvalue weighted by atomic mass is 16.6. The maximum atomic E-state index is 13.2. The van der Waals surface area contributed by atoms with Crippen LogP contribution in [-0.2, 0) is 15.1 Å². The Balaban J connectivity index is 1.89. The zero-order chi connectivity index (χ0) is 18.6. The van der Waals surface area contributed by atoms with Crippen molar-refractivity contribution in [2.45, 2.75) is 31.5 Å². The van der Waals surface area contributed by atoms with Crippen molar-refractivity contribution in [3.63, 3.8) is 0 Å². The Bertz CT molecular complexity index is 692. The predicted molar refractivity (Wildman–Crippen MR) is 101 cm³/mol. The molecule has 0 aromatic heterocycles. The highest BCUT2D eigenvalue weighted by Crippen LogP contribution is 2.32. The number of rotatable bonds is 5. The van der Waals surface area contributed by atoms with Crippen molar-refractivity contribution >= 4 is 5.97 Å². The summed E-state index contributed by atoms with van der Waals surface area (Å²) in [6.45, 7) is 5.07. The maximum absolute atomic E-state index is 13.2. The van der Waals surface area contributed by atoms with Crippen molar-refractivity contribution in [3.05, 3.63) is 71.8 Å². The van der Waals surface area contributed by atoms with Gasteiger partial charge in [0, 0.05) is 6.42 Å². The van der Waals surface area contributed by atoms with Crippen LogP contribution in [0.3, 0.4) is 0 Å². The summed E-state index contributed by atoms with van der Waals surface area (Å²) < 4.78 is 6.75. The van der Waals surface area contributed by atoms with Gasteiger partial charge in [0.05, 0.1) is 20.1 Å². The highest BCUT2D eigenvalue weighted by molar-refractivity contribution is 5.85. The van der Waals surface area contributed by atoms with Crippen LogP contribution in [0.1, 0.15) is 30.9 Å². The molecular formula is C22H28NO3+. The van der Waals surface area contributed by atoms with E-state index in [-0.39, 0.29) is 6.10 Å². The fourth-order valence-electron chi connectivity index (χ4n) is 3.76. The van der Waals surface area contributed by atoms with Crippen LogP contribution in [0.4, 0.5) is 0 Å². The largest absolute Gasteiger partial charge is 0.454 e. The van der Waals surface area contributed by atoms with E-state index in [4.69, 9.17) is 4.74 Å². The molecule has 4 heteroatoms. The molecule has 0 unspecified atom stereocenters. The number of hydrogen-bond donors (Lipinski definition) is 1. The van der Waals surface area contributed by atoms with Crippen LogP contribution in [0, 0.1) is 0 Å². The summed E-state index contributed by atoms with van der Waals surface area (Å²) in [5.41, 5.74) is -0.741. The summed E-state index contributed by atoms with van der Waals surface area (Å²) in [6.07, 6.45) is 1.71. The Hall–Kier alpha value is -2.17. The lowest BCUT2D eigenvalue weighted by Gasteiger charge is -2.41. The van der Waals surface area contributed by atoms with E-state index in [9.17, 15) is 9.90 Å². The molecule has 0 amide bonds. The van der Waals surface area contributed by atoms with Crippen LogP contribution in [0.15, 0.2) is 60.7 Å². The molecule has 4 nitrogen and oxygen atoms in total. The number of piperidine rings is 1. The maximum Gasteiger partial charge on any atom is 0.348 e. The summed E-state index contributed by atoms with van der Waals surface area (Å²) in [5, 5.41) is 11.5. The summed E-state index contributed by atoms with van der Waals surface area (Å²) in [7, 11) is 2.20. The third kappa shape index (κ3) is 3.67. The first-order valence-electron chi connectivity index (χ1n) is 9.36. The minimum Gasteiger partial charge on any atom is -0.454 e.